The predicted octanol–water partition coefficient (Wildman–Crippen LogP) is 2.64. The van der Waals surface area contributed by atoms with Crippen molar-refractivity contribution in [2.45, 2.75) is 13.3 Å². The van der Waals surface area contributed by atoms with Crippen LogP contribution in [0.5, 0.6) is 0 Å². The maximum absolute atomic E-state index is 5.75. The van der Waals surface area contributed by atoms with Crippen molar-refractivity contribution in [2.24, 2.45) is 5.92 Å². The number of anilines is 1. The normalized spacial score (nSPS) is 23.5. The van der Waals surface area contributed by atoms with E-state index in [1.165, 1.54) is 6.42 Å². The first-order valence-corrected chi connectivity index (χ1v) is 5.37. The summed E-state index contributed by atoms with van der Waals surface area (Å²) < 4.78 is 0. The van der Waals surface area contributed by atoms with E-state index in [1.54, 1.807) is 11.3 Å². The van der Waals surface area contributed by atoms with Gasteiger partial charge >= 0.3 is 0 Å². The van der Waals surface area contributed by atoms with E-state index in [9.17, 15) is 0 Å². The molecule has 2 heterocycles. The summed E-state index contributed by atoms with van der Waals surface area (Å²) in [5.74, 6) is 0.799. The van der Waals surface area contributed by atoms with Gasteiger partial charge in [0.1, 0.15) is 5.15 Å². The SMILES string of the molecule is CC1CCN(c2nc(Cl)cs2)C1. The zero-order chi connectivity index (χ0) is 8.55. The summed E-state index contributed by atoms with van der Waals surface area (Å²) in [6.07, 6.45) is 1.27. The van der Waals surface area contributed by atoms with Crippen molar-refractivity contribution in [1.82, 2.24) is 4.98 Å². The van der Waals surface area contributed by atoms with Crippen LogP contribution >= 0.6 is 22.9 Å². The average Bonchev–Trinajstić information content (AvgIpc) is 2.58. The van der Waals surface area contributed by atoms with E-state index < -0.39 is 0 Å². The number of halogens is 1. The Morgan fingerprint density at radius 2 is 2.58 bits per heavy atom. The number of rotatable bonds is 1. The molecule has 0 radical (unpaired) electrons. The topological polar surface area (TPSA) is 16.1 Å². The van der Waals surface area contributed by atoms with Gasteiger partial charge in [0.25, 0.3) is 0 Å². The molecular weight excluding hydrogens is 192 g/mol. The van der Waals surface area contributed by atoms with Crippen LogP contribution in [-0.2, 0) is 0 Å². The summed E-state index contributed by atoms with van der Waals surface area (Å²) >= 11 is 7.38. The van der Waals surface area contributed by atoms with Gasteiger partial charge in [-0.3, -0.25) is 0 Å². The van der Waals surface area contributed by atoms with E-state index in [1.807, 2.05) is 5.38 Å². The zero-order valence-corrected chi connectivity index (χ0v) is 8.53. The van der Waals surface area contributed by atoms with E-state index in [4.69, 9.17) is 11.6 Å². The minimum Gasteiger partial charge on any atom is -0.348 e. The third-order valence-electron chi connectivity index (χ3n) is 2.16. The molecule has 4 heteroatoms. The standard InChI is InChI=1S/C8H11ClN2S/c1-6-2-3-11(4-6)8-10-7(9)5-12-8/h5-6H,2-4H2,1H3. The van der Waals surface area contributed by atoms with Crippen molar-refractivity contribution in [3.63, 3.8) is 0 Å². The van der Waals surface area contributed by atoms with Crippen molar-refractivity contribution in [3.05, 3.63) is 10.5 Å². The Kier molecular flexibility index (Phi) is 2.24. The van der Waals surface area contributed by atoms with Crippen LogP contribution in [-0.4, -0.2) is 18.1 Å². The van der Waals surface area contributed by atoms with Crippen LogP contribution in [0.25, 0.3) is 0 Å². The highest BCUT2D eigenvalue weighted by molar-refractivity contribution is 7.14. The first-order valence-electron chi connectivity index (χ1n) is 4.11. The van der Waals surface area contributed by atoms with Gasteiger partial charge in [-0.25, -0.2) is 4.98 Å². The molecule has 1 atom stereocenters. The number of hydrogen-bond acceptors (Lipinski definition) is 3. The van der Waals surface area contributed by atoms with E-state index in [0.29, 0.717) is 5.15 Å². The molecule has 0 amide bonds. The lowest BCUT2D eigenvalue weighted by Gasteiger charge is -2.12. The molecule has 1 aliphatic heterocycles. The summed E-state index contributed by atoms with van der Waals surface area (Å²) in [5, 5.41) is 3.58. The lowest BCUT2D eigenvalue weighted by molar-refractivity contribution is 0.659. The Morgan fingerprint density at radius 3 is 3.08 bits per heavy atom. The van der Waals surface area contributed by atoms with Crippen LogP contribution < -0.4 is 4.90 Å². The maximum Gasteiger partial charge on any atom is 0.186 e. The maximum atomic E-state index is 5.75. The lowest BCUT2D eigenvalue weighted by Crippen LogP contribution is -2.18. The molecule has 1 aromatic heterocycles. The minimum absolute atomic E-state index is 0.620. The van der Waals surface area contributed by atoms with Crippen molar-refractivity contribution in [2.75, 3.05) is 18.0 Å². The number of aromatic nitrogens is 1. The Hall–Kier alpha value is -0.280. The predicted molar refractivity (Wildman–Crippen MR) is 53.1 cm³/mol. The van der Waals surface area contributed by atoms with Gasteiger partial charge < -0.3 is 4.90 Å². The third kappa shape index (κ3) is 1.57. The van der Waals surface area contributed by atoms with Gasteiger partial charge in [-0.2, -0.15) is 0 Å². The summed E-state index contributed by atoms with van der Waals surface area (Å²) in [7, 11) is 0. The summed E-state index contributed by atoms with van der Waals surface area (Å²) in [4.78, 5) is 6.54. The molecule has 0 spiro atoms. The van der Waals surface area contributed by atoms with Gasteiger partial charge in [0.05, 0.1) is 0 Å². The van der Waals surface area contributed by atoms with Gasteiger partial charge in [0, 0.05) is 18.5 Å². The summed E-state index contributed by atoms with van der Waals surface area (Å²) in [5.41, 5.74) is 0. The molecule has 2 nitrogen and oxygen atoms in total. The average molecular weight is 203 g/mol. The smallest absolute Gasteiger partial charge is 0.186 e. The van der Waals surface area contributed by atoms with Crippen LogP contribution in [0.1, 0.15) is 13.3 Å². The van der Waals surface area contributed by atoms with E-state index in [2.05, 4.69) is 16.8 Å². The first kappa shape index (κ1) is 8.32. The van der Waals surface area contributed by atoms with E-state index in [-0.39, 0.29) is 0 Å². The molecule has 0 N–H and O–H groups in total. The van der Waals surface area contributed by atoms with E-state index >= 15 is 0 Å². The second kappa shape index (κ2) is 3.23. The van der Waals surface area contributed by atoms with Gasteiger partial charge in [0.2, 0.25) is 0 Å². The zero-order valence-electron chi connectivity index (χ0n) is 6.96. The summed E-state index contributed by atoms with van der Waals surface area (Å²) in [6, 6.07) is 0. The molecular formula is C8H11ClN2S. The van der Waals surface area contributed by atoms with Gasteiger partial charge in [0.15, 0.2) is 5.13 Å². The molecule has 0 bridgehead atoms. The molecule has 2 rings (SSSR count). The van der Waals surface area contributed by atoms with Crippen molar-refractivity contribution >= 4 is 28.1 Å². The molecule has 1 saturated heterocycles. The lowest BCUT2D eigenvalue weighted by atomic mass is 10.2. The quantitative estimate of drug-likeness (QED) is 0.696. The first-order chi connectivity index (χ1) is 5.75. The van der Waals surface area contributed by atoms with Crippen LogP contribution in [0.4, 0.5) is 5.13 Å². The third-order valence-corrected chi connectivity index (χ3v) is 3.38. The second-order valence-corrected chi connectivity index (χ2v) is 4.52. The Morgan fingerprint density at radius 1 is 1.75 bits per heavy atom. The molecule has 1 unspecified atom stereocenters. The highest BCUT2D eigenvalue weighted by Crippen LogP contribution is 2.27. The number of hydrogen-bond donors (Lipinski definition) is 0. The largest absolute Gasteiger partial charge is 0.348 e. The molecule has 1 fully saturated rings. The highest BCUT2D eigenvalue weighted by atomic mass is 35.5. The molecule has 66 valence electrons. The molecule has 1 aliphatic rings. The monoisotopic (exact) mass is 202 g/mol. The fourth-order valence-corrected chi connectivity index (χ4v) is 2.48. The van der Waals surface area contributed by atoms with Crippen LogP contribution in [0.15, 0.2) is 5.38 Å². The van der Waals surface area contributed by atoms with Crippen LogP contribution in [0.3, 0.4) is 0 Å². The van der Waals surface area contributed by atoms with Crippen LogP contribution in [0, 0.1) is 5.92 Å². The number of thiazole rings is 1. The summed E-state index contributed by atoms with van der Waals surface area (Å²) in [6.45, 7) is 4.53. The van der Waals surface area contributed by atoms with Crippen molar-refractivity contribution in [1.29, 1.82) is 0 Å². The molecule has 0 aromatic carbocycles. The fraction of sp³-hybridized carbons (Fsp3) is 0.625. The molecule has 1 aromatic rings. The molecule has 0 saturated carbocycles. The van der Waals surface area contributed by atoms with Crippen molar-refractivity contribution < 1.29 is 0 Å². The molecule has 12 heavy (non-hydrogen) atoms. The second-order valence-electron chi connectivity index (χ2n) is 3.29. The Bertz CT molecular complexity index is 274. The highest BCUT2D eigenvalue weighted by Gasteiger charge is 2.20. The van der Waals surface area contributed by atoms with Crippen molar-refractivity contribution in [3.8, 4) is 0 Å². The van der Waals surface area contributed by atoms with Gasteiger partial charge in [-0.15, -0.1) is 11.3 Å². The molecule has 0 aliphatic carbocycles. The Balaban J connectivity index is 2.11. The van der Waals surface area contributed by atoms with Gasteiger partial charge in [-0.05, 0) is 12.3 Å². The number of nitrogens with zero attached hydrogens (tertiary/aromatic N) is 2. The van der Waals surface area contributed by atoms with Gasteiger partial charge in [-0.1, -0.05) is 18.5 Å². The van der Waals surface area contributed by atoms with Crippen LogP contribution in [0.2, 0.25) is 5.15 Å². The fourth-order valence-electron chi connectivity index (χ4n) is 1.50. The van der Waals surface area contributed by atoms with E-state index in [0.717, 1.165) is 24.1 Å². The minimum atomic E-state index is 0.620. The Labute approximate surface area is 81.2 Å².